The maximum absolute atomic E-state index is 13.1. The molecule has 0 radical (unpaired) electrons. The van der Waals surface area contributed by atoms with Crippen molar-refractivity contribution in [3.05, 3.63) is 11.6 Å². The minimum absolute atomic E-state index is 0.112. The number of rotatable bonds is 7. The van der Waals surface area contributed by atoms with Crippen LogP contribution >= 0.6 is 0 Å². The van der Waals surface area contributed by atoms with E-state index in [0.717, 1.165) is 37.7 Å². The van der Waals surface area contributed by atoms with Crippen LogP contribution in [0.2, 0.25) is 0 Å². The first-order valence-electron chi connectivity index (χ1n) is 20.8. The molecule has 0 bridgehead atoms. The van der Waals surface area contributed by atoms with Crippen molar-refractivity contribution in [3.63, 3.8) is 0 Å². The number of aliphatic hydroxyl groups excluding tert-OH is 6. The third-order valence-electron chi connectivity index (χ3n) is 17.5. The van der Waals surface area contributed by atoms with E-state index in [4.69, 9.17) is 18.9 Å². The van der Waals surface area contributed by atoms with Crippen LogP contribution in [0.3, 0.4) is 0 Å². The number of ether oxygens (including phenoxy) is 4. The maximum Gasteiger partial charge on any atom is 0.310 e. The predicted octanol–water partition coefficient (Wildman–Crippen LogP) is 2.97. The molecule has 4 saturated carbocycles. The lowest BCUT2D eigenvalue weighted by molar-refractivity contribution is -0.366. The Kier molecular flexibility index (Phi) is 10.8. The molecule has 7 rings (SSSR count). The summed E-state index contributed by atoms with van der Waals surface area (Å²) in [5, 5.41) is 84.7. The van der Waals surface area contributed by atoms with E-state index in [-0.39, 0.29) is 40.1 Å². The second-order valence-electron chi connectivity index (χ2n) is 20.4. The van der Waals surface area contributed by atoms with Gasteiger partial charge in [0.1, 0.15) is 42.7 Å². The van der Waals surface area contributed by atoms with Crippen molar-refractivity contribution in [2.75, 3.05) is 6.61 Å². The number of fused-ring (bicyclic) bond motifs is 7. The summed E-state index contributed by atoms with van der Waals surface area (Å²) in [7, 11) is 0. The monoisotopic (exact) mass is 794 g/mol. The lowest BCUT2D eigenvalue weighted by atomic mass is 9.33. The molecule has 5 aliphatic carbocycles. The Morgan fingerprint density at radius 3 is 2.04 bits per heavy atom. The van der Waals surface area contributed by atoms with Crippen molar-refractivity contribution in [2.24, 2.45) is 50.2 Å². The minimum Gasteiger partial charge on any atom is -0.481 e. The van der Waals surface area contributed by atoms with Crippen LogP contribution in [0, 0.1) is 50.2 Å². The second kappa shape index (κ2) is 14.2. The normalized spacial score (nSPS) is 54.1. The fourth-order valence-electron chi connectivity index (χ4n) is 13.7. The molecule has 0 aromatic carbocycles. The van der Waals surface area contributed by atoms with Crippen molar-refractivity contribution in [1.29, 1.82) is 0 Å². The van der Waals surface area contributed by atoms with Gasteiger partial charge in [0.15, 0.2) is 12.6 Å². The van der Waals surface area contributed by atoms with Crippen LogP contribution in [0.15, 0.2) is 11.6 Å². The van der Waals surface area contributed by atoms with Crippen molar-refractivity contribution in [3.8, 4) is 0 Å². The Morgan fingerprint density at radius 1 is 0.750 bits per heavy atom. The number of allylic oxidation sites excluding steroid dienone is 2. The van der Waals surface area contributed by atoms with Gasteiger partial charge in [0.05, 0.1) is 29.6 Å². The standard InChI is InChI=1S/C42H66O14/c1-20-27(44)28(45)30(47)33(53-20)56-32-23(19-43)54-34(31(48)29(32)46)55-26-11-12-39(5)24(37(26,2)3)10-13-41(7)25(39)9-8-21-22-18-38(4,35(49)50)14-16-42(22,36(51)52)17-15-40(21,41)6/h8,20,22-34,43-48H,9-19H2,1-7H3,(H,49,50)(H,51,52)/t20-,22-,23+,24-,25+,26-,27-,28+,29+,30+,31+,32+,33-,34-,38+,39-,40+,41+,42-/m0/s1. The molecule has 0 amide bonds. The van der Waals surface area contributed by atoms with E-state index < -0.39 is 96.2 Å². The molecule has 7 aliphatic rings. The molecule has 56 heavy (non-hydrogen) atoms. The van der Waals surface area contributed by atoms with E-state index in [1.807, 2.05) is 0 Å². The lowest BCUT2D eigenvalue weighted by Crippen LogP contribution is -2.66. The van der Waals surface area contributed by atoms with Gasteiger partial charge in [-0.1, -0.05) is 46.3 Å². The molecule has 2 heterocycles. The largest absolute Gasteiger partial charge is 0.481 e. The Balaban J connectivity index is 1.10. The minimum atomic E-state index is -1.65. The number of hydrogen-bond acceptors (Lipinski definition) is 12. The van der Waals surface area contributed by atoms with Crippen LogP contribution in [-0.2, 0) is 28.5 Å². The molecule has 8 N–H and O–H groups in total. The summed E-state index contributed by atoms with van der Waals surface area (Å²) in [5.41, 5.74) is -1.71. The molecule has 2 aliphatic heterocycles. The molecule has 318 valence electrons. The second-order valence-corrected chi connectivity index (χ2v) is 20.4. The van der Waals surface area contributed by atoms with Gasteiger partial charge < -0.3 is 59.8 Å². The first-order chi connectivity index (χ1) is 26.0. The number of aliphatic carboxylic acids is 2. The molecule has 0 unspecified atom stereocenters. The van der Waals surface area contributed by atoms with Gasteiger partial charge in [0, 0.05) is 0 Å². The summed E-state index contributed by atoms with van der Waals surface area (Å²) in [6, 6.07) is 0. The van der Waals surface area contributed by atoms with Crippen LogP contribution < -0.4 is 0 Å². The Bertz CT molecular complexity index is 1570. The third kappa shape index (κ3) is 6.01. The van der Waals surface area contributed by atoms with Crippen LogP contribution in [0.5, 0.6) is 0 Å². The fraction of sp³-hybridized carbons (Fsp3) is 0.905. The maximum atomic E-state index is 13.1. The SMILES string of the molecule is C[C@@H]1O[C@@H](O[C@H]2[C@H](O)[C@@H](O)[C@H](O[C@H]3CC[C@]4(C)[C@H]5CC=C6[C@@H]7C[C@](C)(C(=O)O)CC[C@]7(C(=O)O)CC[C@@]6(C)[C@]5(C)CC[C@H]4C3(C)C)O[C@@H]2CO)[C@H](O)[C@H](O)[C@H]1O. The molecule has 2 saturated heterocycles. The lowest BCUT2D eigenvalue weighted by Gasteiger charge is -2.71. The highest BCUT2D eigenvalue weighted by Gasteiger charge is 2.70. The third-order valence-corrected chi connectivity index (χ3v) is 17.5. The van der Waals surface area contributed by atoms with Gasteiger partial charge >= 0.3 is 11.9 Å². The van der Waals surface area contributed by atoms with Gasteiger partial charge in [0.2, 0.25) is 0 Å². The van der Waals surface area contributed by atoms with E-state index in [0.29, 0.717) is 32.1 Å². The van der Waals surface area contributed by atoms with Crippen LogP contribution in [-0.4, -0.2) is 127 Å². The fourth-order valence-corrected chi connectivity index (χ4v) is 13.7. The van der Waals surface area contributed by atoms with Crippen molar-refractivity contribution >= 4 is 11.9 Å². The average Bonchev–Trinajstić information content (AvgIpc) is 3.13. The Labute approximate surface area is 329 Å². The highest BCUT2D eigenvalue weighted by molar-refractivity contribution is 5.79. The van der Waals surface area contributed by atoms with Crippen molar-refractivity contribution in [2.45, 2.75) is 180 Å². The van der Waals surface area contributed by atoms with Gasteiger partial charge in [-0.05, 0) is 117 Å². The zero-order valence-corrected chi connectivity index (χ0v) is 34.0. The van der Waals surface area contributed by atoms with Crippen LogP contribution in [0.1, 0.15) is 113 Å². The topological polar surface area (TPSA) is 233 Å². The number of carboxylic acid groups (broad SMARTS) is 2. The Hall–Kier alpha value is -1.72. The molecule has 0 aromatic rings. The van der Waals surface area contributed by atoms with Gasteiger partial charge in [-0.15, -0.1) is 0 Å². The highest BCUT2D eigenvalue weighted by Crippen LogP contribution is 2.76. The van der Waals surface area contributed by atoms with E-state index in [1.54, 1.807) is 6.92 Å². The molecule has 6 fully saturated rings. The van der Waals surface area contributed by atoms with E-state index in [9.17, 15) is 50.4 Å². The molecule has 19 atom stereocenters. The van der Waals surface area contributed by atoms with E-state index >= 15 is 0 Å². The average molecular weight is 795 g/mol. The number of hydrogen-bond donors (Lipinski definition) is 8. The van der Waals surface area contributed by atoms with E-state index in [1.165, 1.54) is 6.92 Å². The number of carboxylic acids is 2. The predicted molar refractivity (Wildman–Crippen MR) is 198 cm³/mol. The zero-order chi connectivity index (χ0) is 41.1. The number of aliphatic hydroxyl groups is 6. The number of carbonyl (C=O) groups is 2. The van der Waals surface area contributed by atoms with Gasteiger partial charge in [-0.3, -0.25) is 9.59 Å². The molecular weight excluding hydrogens is 728 g/mol. The zero-order valence-electron chi connectivity index (χ0n) is 34.0. The summed E-state index contributed by atoms with van der Waals surface area (Å²) >= 11 is 0. The van der Waals surface area contributed by atoms with Crippen molar-refractivity contribution < 1.29 is 69.4 Å². The van der Waals surface area contributed by atoms with Gasteiger partial charge in [-0.25, -0.2) is 0 Å². The summed E-state index contributed by atoms with van der Waals surface area (Å²) in [6.45, 7) is 14.2. The van der Waals surface area contributed by atoms with Crippen LogP contribution in [0.4, 0.5) is 0 Å². The highest BCUT2D eigenvalue weighted by atomic mass is 16.7. The summed E-state index contributed by atoms with van der Waals surface area (Å²) in [6.07, 6.45) is -5.58. The molecule has 14 heteroatoms. The quantitative estimate of drug-likeness (QED) is 0.137. The smallest absolute Gasteiger partial charge is 0.310 e. The first kappa shape index (κ1) is 42.4. The first-order valence-corrected chi connectivity index (χ1v) is 20.8. The van der Waals surface area contributed by atoms with Gasteiger partial charge in [0.25, 0.3) is 0 Å². The Morgan fingerprint density at radius 2 is 1.39 bits per heavy atom. The summed E-state index contributed by atoms with van der Waals surface area (Å²) in [5.74, 6) is -1.50. The molecule has 14 nitrogen and oxygen atoms in total. The van der Waals surface area contributed by atoms with E-state index in [2.05, 4.69) is 40.7 Å². The molecular formula is C42H66O14. The summed E-state index contributed by atoms with van der Waals surface area (Å²) < 4.78 is 24.0. The van der Waals surface area contributed by atoms with Crippen LogP contribution in [0.25, 0.3) is 0 Å². The molecule has 0 aromatic heterocycles. The van der Waals surface area contributed by atoms with Crippen molar-refractivity contribution in [1.82, 2.24) is 0 Å². The summed E-state index contributed by atoms with van der Waals surface area (Å²) in [4.78, 5) is 25.6. The molecule has 0 spiro atoms. The van der Waals surface area contributed by atoms with Gasteiger partial charge in [-0.2, -0.15) is 0 Å².